The van der Waals surface area contributed by atoms with E-state index in [0.717, 1.165) is 43.0 Å². The van der Waals surface area contributed by atoms with Crippen molar-refractivity contribution in [3.8, 4) is 11.3 Å². The van der Waals surface area contributed by atoms with Gasteiger partial charge in [0.05, 0.1) is 44.3 Å². The summed E-state index contributed by atoms with van der Waals surface area (Å²) in [4.78, 5) is 54.6. The summed E-state index contributed by atoms with van der Waals surface area (Å²) in [6.45, 7) is 2.48. The summed E-state index contributed by atoms with van der Waals surface area (Å²) in [5, 5.41) is 112. The van der Waals surface area contributed by atoms with Crippen molar-refractivity contribution in [3.63, 3.8) is 0 Å². The molecule has 0 bridgehead atoms. The number of nitrogens with one attached hydrogen (secondary N) is 2. The molecule has 2 amide bonds. The Balaban J connectivity index is 1.00. The Labute approximate surface area is 494 Å². The number of hydrogen-bond acceptors (Lipinski definition) is 21. The maximum atomic E-state index is 14.5. The lowest BCUT2D eigenvalue weighted by Gasteiger charge is -2.49. The van der Waals surface area contributed by atoms with Gasteiger partial charge in [-0.25, -0.2) is 22.6 Å². The molecule has 5 fully saturated rings. The van der Waals surface area contributed by atoms with Crippen molar-refractivity contribution >= 4 is 23.6 Å². The fourth-order valence-electron chi connectivity index (χ4n) is 12.4. The molecule has 8 rings (SSSR count). The van der Waals surface area contributed by atoms with Crippen molar-refractivity contribution < 1.29 is 111 Å². The molecule has 28 heteroatoms. The molecule has 8 unspecified atom stereocenters. The number of nitrogens with zero attached hydrogens (tertiary/aromatic N) is 3. The van der Waals surface area contributed by atoms with Crippen LogP contribution < -0.4 is 10.6 Å². The summed E-state index contributed by atoms with van der Waals surface area (Å²) < 4.78 is 86.7. The van der Waals surface area contributed by atoms with E-state index in [0.29, 0.717) is 24.1 Å². The molecule has 5 aliphatic rings. The first-order chi connectivity index (χ1) is 41.1. The van der Waals surface area contributed by atoms with Gasteiger partial charge in [-0.3, -0.25) is 14.4 Å². The molecule has 4 heterocycles. The lowest BCUT2D eigenvalue weighted by molar-refractivity contribution is -0.338. The number of aliphatic carboxylic acids is 1. The molecular weight excluding hydrogens is 1140 g/mol. The van der Waals surface area contributed by atoms with Crippen molar-refractivity contribution in [3.05, 3.63) is 71.7 Å². The number of rotatable bonds is 25. The van der Waals surface area contributed by atoms with Crippen LogP contribution in [0, 0.1) is 35.2 Å². The normalized spacial score (nSPS) is 34.2. The van der Waals surface area contributed by atoms with Crippen LogP contribution in [0.3, 0.4) is 0 Å². The highest BCUT2D eigenvalue weighted by molar-refractivity contribution is 5.82. The maximum absolute atomic E-state index is 14.5. The van der Waals surface area contributed by atoms with Gasteiger partial charge in [0.25, 0.3) is 5.91 Å². The Kier molecular flexibility index (Phi) is 23.6. The minimum atomic E-state index is -1.84. The van der Waals surface area contributed by atoms with Gasteiger partial charge in [0.2, 0.25) is 5.91 Å². The second kappa shape index (κ2) is 30.4. The lowest BCUT2D eigenvalue weighted by atomic mass is 9.74. The molecule has 86 heavy (non-hydrogen) atoms. The maximum Gasteiger partial charge on any atom is 0.332 e. The molecule has 25 nitrogen and oxygen atoms in total. The largest absolute Gasteiger partial charge is 0.479 e. The fraction of sp³-hybridized carbons (Fsp3) is 0.690. The van der Waals surface area contributed by atoms with E-state index in [4.69, 9.17) is 33.2 Å². The minimum Gasteiger partial charge on any atom is -0.479 e. The molecule has 11 N–H and O–H groups in total. The third-order valence-corrected chi connectivity index (χ3v) is 17.2. The third-order valence-electron chi connectivity index (χ3n) is 17.2. The van der Waals surface area contributed by atoms with Crippen LogP contribution in [0.25, 0.3) is 11.3 Å². The number of aromatic nitrogens is 3. The molecule has 2 aliphatic carbocycles. The SMILES string of the molecule is CC[C@@H]1CC(C(=O)CCCNC(=O)[C@@H](OCc2ccccc2)[C@@H]2OC(CO)[C@H](O)[C@@H](n3cc(-c4cc(F)c(F)c(F)c4)nn3)C2O)C[C@@H](O[C@@H]2O[C@@H](CO)[C@H](O)C(O[C@@H](CC3CCCCC3)C(=O)O)C2NC(C)=O)C1OC1O[C@@H](C)[C@H](O)C(O)[C@@H]1O. The van der Waals surface area contributed by atoms with E-state index < -0.39 is 177 Å². The standard InChI is InChI=1S/C58H80F3N5O20/c1-4-31-19-33(22-38(51(31)86-58-50(76)49(75)45(71)27(2)81-58)84-57-43(63-28(3)69)52(47(73)41(25-68)85-57)82-39(56(78)79)18-29-12-7-5-8-13-29)37(70)16-11-17-62-55(77)54(80-26-30-14-9-6-10-15-30)53-48(74)44(46(72)40(24-67)83-53)66-23-36(64-65-66)32-20-34(59)42(61)35(60)21-32/h6,9-10,14-15,20-21,23,27,29,31,33,38-41,43-54,57-58,67-68,71-76H,4-5,7-8,11-13,16-19,22,24-26H2,1-3H3,(H,62,77)(H,63,69)(H,78,79)/t27-,31+,33?,38+,39-,40?,41-,43?,44+,45-,46-,47-,48?,49?,50-,51?,52?,53+,54-,57+,58?/m0/s1. The number of hydrogen-bond donors (Lipinski definition) is 11. The molecule has 0 spiro atoms. The number of benzene rings is 2. The van der Waals surface area contributed by atoms with Crippen molar-refractivity contribution in [2.45, 2.75) is 214 Å². The van der Waals surface area contributed by atoms with Crippen LogP contribution in [0.15, 0.2) is 48.7 Å². The Bertz CT molecular complexity index is 2690. The minimum absolute atomic E-state index is 0.00927. The number of amides is 2. The molecule has 3 aromatic rings. The number of ketones is 1. The Hall–Kier alpha value is -5.15. The van der Waals surface area contributed by atoms with Crippen LogP contribution in [0.1, 0.15) is 103 Å². The summed E-state index contributed by atoms with van der Waals surface area (Å²) in [6.07, 6.45) is -19.8. The van der Waals surface area contributed by atoms with Crippen molar-refractivity contribution in [1.29, 1.82) is 0 Å². The first-order valence-electron chi connectivity index (χ1n) is 29.4. The van der Waals surface area contributed by atoms with Crippen LogP contribution >= 0.6 is 0 Å². The molecule has 3 aliphatic heterocycles. The number of aliphatic hydroxyl groups is 8. The van der Waals surface area contributed by atoms with E-state index in [1.165, 1.54) is 13.8 Å². The highest BCUT2D eigenvalue weighted by Gasteiger charge is 2.54. The van der Waals surface area contributed by atoms with E-state index in [-0.39, 0.29) is 68.2 Å². The van der Waals surface area contributed by atoms with E-state index in [1.54, 1.807) is 30.3 Å². The molecule has 0 radical (unpaired) electrons. The smallest absolute Gasteiger partial charge is 0.332 e. The summed E-state index contributed by atoms with van der Waals surface area (Å²) in [5.41, 5.74) is 0.192. The van der Waals surface area contributed by atoms with Gasteiger partial charge in [-0.1, -0.05) is 81.0 Å². The summed E-state index contributed by atoms with van der Waals surface area (Å²) in [6, 6.07) is 7.04. The second-order valence-electron chi connectivity index (χ2n) is 23.1. The first-order valence-corrected chi connectivity index (χ1v) is 29.4. The van der Waals surface area contributed by atoms with Gasteiger partial charge in [0.1, 0.15) is 84.6 Å². The number of carbonyl (C=O) groups is 4. The summed E-state index contributed by atoms with van der Waals surface area (Å²) >= 11 is 0. The third kappa shape index (κ3) is 15.8. The average Bonchev–Trinajstić information content (AvgIpc) is 3.38. The number of aliphatic hydroxyl groups excluding tert-OH is 8. The van der Waals surface area contributed by atoms with Gasteiger partial charge in [-0.05, 0) is 62.1 Å². The van der Waals surface area contributed by atoms with Crippen molar-refractivity contribution in [2.24, 2.45) is 17.8 Å². The zero-order chi connectivity index (χ0) is 62.1. The van der Waals surface area contributed by atoms with E-state index in [2.05, 4.69) is 20.9 Å². The summed E-state index contributed by atoms with van der Waals surface area (Å²) in [5.74, 6) is -9.17. The molecule has 1 aromatic heterocycles. The van der Waals surface area contributed by atoms with Gasteiger partial charge < -0.3 is 89.8 Å². The van der Waals surface area contributed by atoms with Crippen molar-refractivity contribution in [1.82, 2.24) is 25.6 Å². The van der Waals surface area contributed by atoms with Crippen LogP contribution in [-0.4, -0.2) is 214 Å². The van der Waals surface area contributed by atoms with E-state index in [9.17, 15) is 78.3 Å². The zero-order valence-corrected chi connectivity index (χ0v) is 47.9. The van der Waals surface area contributed by atoms with Gasteiger partial charge >= 0.3 is 5.97 Å². The predicted octanol–water partition coefficient (Wildman–Crippen LogP) is 0.862. The Morgan fingerprint density at radius 2 is 1.50 bits per heavy atom. The number of carboxylic acid groups (broad SMARTS) is 1. The Morgan fingerprint density at radius 1 is 0.814 bits per heavy atom. The number of ether oxygens (including phenoxy) is 7. The first kappa shape index (κ1) is 66.8. The van der Waals surface area contributed by atoms with Gasteiger partial charge in [-0.2, -0.15) is 0 Å². The van der Waals surface area contributed by atoms with Gasteiger partial charge in [0.15, 0.2) is 42.2 Å². The van der Waals surface area contributed by atoms with Gasteiger partial charge in [-0.15, -0.1) is 5.10 Å². The molecule has 21 atom stereocenters. The average molecular weight is 1220 g/mol. The Morgan fingerprint density at radius 3 is 2.15 bits per heavy atom. The molecule has 3 saturated heterocycles. The molecule has 478 valence electrons. The number of Topliss-reactive ketones (excluding diaryl/α,β-unsaturated/α-hetero) is 1. The lowest BCUT2D eigenvalue weighted by Crippen LogP contribution is -2.67. The summed E-state index contributed by atoms with van der Waals surface area (Å²) in [7, 11) is 0. The second-order valence-corrected chi connectivity index (χ2v) is 23.1. The van der Waals surface area contributed by atoms with Crippen LogP contribution in [0.4, 0.5) is 13.2 Å². The van der Waals surface area contributed by atoms with E-state index in [1.807, 2.05) is 6.92 Å². The van der Waals surface area contributed by atoms with Crippen LogP contribution in [0.5, 0.6) is 0 Å². The number of halogens is 3. The monoisotopic (exact) mass is 1220 g/mol. The number of carbonyl (C=O) groups excluding carboxylic acids is 3. The van der Waals surface area contributed by atoms with Gasteiger partial charge in [0, 0.05) is 31.4 Å². The molecule has 2 aromatic carbocycles. The van der Waals surface area contributed by atoms with Crippen LogP contribution in [0.2, 0.25) is 0 Å². The van der Waals surface area contributed by atoms with E-state index >= 15 is 0 Å². The molecular formula is C58H80F3N5O20. The zero-order valence-electron chi connectivity index (χ0n) is 47.9. The highest BCUT2D eigenvalue weighted by Crippen LogP contribution is 2.41. The molecule has 2 saturated carbocycles. The highest BCUT2D eigenvalue weighted by atomic mass is 19.2. The van der Waals surface area contributed by atoms with Crippen molar-refractivity contribution in [2.75, 3.05) is 19.8 Å². The fourth-order valence-corrected chi connectivity index (χ4v) is 12.4. The quantitative estimate of drug-likeness (QED) is 0.0414. The van der Waals surface area contributed by atoms with Crippen LogP contribution in [-0.2, 0) is 58.9 Å². The topological polar surface area (TPSA) is 370 Å². The predicted molar refractivity (Wildman–Crippen MR) is 290 cm³/mol. The number of carboxylic acids is 1.